The summed E-state index contributed by atoms with van der Waals surface area (Å²) >= 11 is 0. The summed E-state index contributed by atoms with van der Waals surface area (Å²) in [6, 6.07) is 10.2. The fourth-order valence-corrected chi connectivity index (χ4v) is 13.3. The first kappa shape index (κ1) is 46.6. The van der Waals surface area contributed by atoms with E-state index in [1.165, 1.54) is 26.0 Å². The lowest BCUT2D eigenvalue weighted by Gasteiger charge is -2.63. The zero-order valence-electron chi connectivity index (χ0n) is 37.4. The number of carbonyl (C=O) groups is 4. The first-order chi connectivity index (χ1) is 30.8. The molecule has 65 heavy (non-hydrogen) atoms. The number of nitrogens with one attached hydrogen (secondary N) is 1. The maximum absolute atomic E-state index is 14.7. The molecule has 1 spiro atoms. The average Bonchev–Trinajstić information content (AvgIpc) is 3.94. The van der Waals surface area contributed by atoms with Crippen molar-refractivity contribution >= 4 is 51.3 Å². The van der Waals surface area contributed by atoms with Gasteiger partial charge in [0, 0.05) is 78.6 Å². The summed E-state index contributed by atoms with van der Waals surface area (Å²) in [6.07, 6.45) is 5.62. The molecule has 1 aromatic heterocycles. The van der Waals surface area contributed by atoms with Crippen LogP contribution in [0, 0.1) is 11.3 Å². The molecule has 3 fully saturated rings. The number of carbonyl (C=O) groups excluding carboxylic acids is 4. The lowest BCUT2D eigenvalue weighted by atomic mass is 9.47. The van der Waals surface area contributed by atoms with Gasteiger partial charge in [-0.1, -0.05) is 44.2 Å². The van der Waals surface area contributed by atoms with E-state index >= 15 is 0 Å². The first-order valence-electron chi connectivity index (χ1n) is 22.0. The van der Waals surface area contributed by atoms with Crippen molar-refractivity contribution in [1.29, 1.82) is 0 Å². The smallest absolute Gasteiger partial charge is 0.394 e. The highest BCUT2D eigenvalue weighted by molar-refractivity contribution is 7.79. The SMILES string of the molecule is CC[C@]1(O)C[C@H]2CN(CCc3c([nH]c4ccccc34)[C@H](C(=O)OC)[C@H]2c2cc3c(cc2OC)N(C=O)[C@H]2[C@@](O)(C(=O)OC)[C@H](OC(C)=O)[C@]4(CC)C=CCN5CC[C@]32[C@@H]54)C1.O=S(=O)(O)O. The normalized spacial score (nSPS) is 34.6. The Morgan fingerprint density at radius 1 is 1.00 bits per heavy atom. The highest BCUT2D eigenvalue weighted by Gasteiger charge is 2.81. The quantitative estimate of drug-likeness (QED) is 0.0717. The number of hydrogen-bond acceptors (Lipinski definition) is 14. The fourth-order valence-electron chi connectivity index (χ4n) is 13.3. The zero-order valence-corrected chi connectivity index (χ0v) is 38.2. The molecule has 18 nitrogen and oxygen atoms in total. The second-order valence-electron chi connectivity index (χ2n) is 18.5. The summed E-state index contributed by atoms with van der Waals surface area (Å²) in [6.45, 7) is 8.11. The molecule has 2 aromatic carbocycles. The number of ether oxygens (including phenoxy) is 4. The van der Waals surface area contributed by atoms with Crippen molar-refractivity contribution in [2.24, 2.45) is 11.3 Å². The van der Waals surface area contributed by atoms with Crippen LogP contribution in [0.1, 0.15) is 80.7 Å². The van der Waals surface area contributed by atoms with Crippen LogP contribution in [0.2, 0.25) is 0 Å². The van der Waals surface area contributed by atoms with Crippen molar-refractivity contribution in [2.45, 2.75) is 99.5 Å². The summed E-state index contributed by atoms with van der Waals surface area (Å²) in [7, 11) is -0.531. The Bertz CT molecular complexity index is 2540. The number of methoxy groups -OCH3 is 3. The summed E-state index contributed by atoms with van der Waals surface area (Å²) < 4.78 is 55.1. The van der Waals surface area contributed by atoms with Gasteiger partial charge in [-0.15, -0.1) is 0 Å². The minimum absolute atomic E-state index is 0.270. The van der Waals surface area contributed by atoms with Gasteiger partial charge >= 0.3 is 28.3 Å². The molecule has 5 N–H and O–H groups in total. The standard InChI is InChI=1S/C46H56N4O10.H2O4S/c1-7-43(55)22-27-23-48(24-43)18-14-29-28-12-9-10-13-32(28)47-37(29)36(38(53)58-5)35(27)30-20-31-33(21-34(30)57-4)50(25-51)40-45(31)16-19-49-17-11-15-44(8-2,39(45)49)41(60-26(3)52)46(40,56)42(54)59-6;1-5(2,3)4/h9-13,15,20-21,25,27,35-36,39-41,47,55-56H,7-8,14,16-19,22-24H2,1-6H3;(H2,1,2,3,4)/t27-,35+,36+,39-,40+,41+,43-,44+,45+,46-;/m0./s1. The van der Waals surface area contributed by atoms with Crippen molar-refractivity contribution in [3.05, 3.63) is 70.9 Å². The van der Waals surface area contributed by atoms with Gasteiger partial charge in [0.1, 0.15) is 11.7 Å². The molecule has 352 valence electrons. The lowest BCUT2D eigenvalue weighted by Crippen LogP contribution is -2.81. The van der Waals surface area contributed by atoms with Crippen LogP contribution in [0.3, 0.4) is 0 Å². The molecule has 2 saturated heterocycles. The number of rotatable bonds is 8. The zero-order chi connectivity index (χ0) is 47.0. The third-order valence-corrected chi connectivity index (χ3v) is 15.5. The van der Waals surface area contributed by atoms with Gasteiger partial charge < -0.3 is 39.0 Å². The van der Waals surface area contributed by atoms with Crippen molar-refractivity contribution in [3.8, 4) is 5.75 Å². The van der Waals surface area contributed by atoms with Crippen molar-refractivity contribution in [1.82, 2.24) is 14.8 Å². The van der Waals surface area contributed by atoms with E-state index in [1.807, 2.05) is 50.3 Å². The minimum atomic E-state index is -4.67. The summed E-state index contributed by atoms with van der Waals surface area (Å²) in [5.74, 6) is -3.46. The molecular formula is C46H58N4O14S. The average molecular weight is 923 g/mol. The predicted octanol–water partition coefficient (Wildman–Crippen LogP) is 3.06. The number of para-hydroxylation sites is 1. The van der Waals surface area contributed by atoms with E-state index < -0.39 is 80.4 Å². The first-order valence-corrected chi connectivity index (χ1v) is 23.4. The van der Waals surface area contributed by atoms with E-state index in [1.54, 1.807) is 13.2 Å². The molecule has 19 heteroatoms. The molecule has 9 rings (SSSR count). The molecule has 3 aromatic rings. The lowest BCUT2D eigenvalue weighted by molar-refractivity contribution is -0.228. The topological polar surface area (TPSA) is 246 Å². The Kier molecular flexibility index (Phi) is 12.0. The van der Waals surface area contributed by atoms with Crippen molar-refractivity contribution < 1.29 is 65.9 Å². The van der Waals surface area contributed by atoms with E-state index in [0.717, 1.165) is 27.7 Å². The fraction of sp³-hybridized carbons (Fsp3) is 0.565. The van der Waals surface area contributed by atoms with Gasteiger partial charge in [-0.2, -0.15) is 8.42 Å². The molecule has 1 saturated carbocycles. The van der Waals surface area contributed by atoms with Crippen LogP contribution < -0.4 is 9.64 Å². The van der Waals surface area contributed by atoms with Crippen LogP contribution in [0.15, 0.2) is 48.6 Å². The van der Waals surface area contributed by atoms with Gasteiger partial charge in [0.25, 0.3) is 0 Å². The van der Waals surface area contributed by atoms with Gasteiger partial charge in [0.15, 0.2) is 6.10 Å². The number of anilines is 1. The Hall–Kier alpha value is -4.89. The molecule has 1 amide bonds. The van der Waals surface area contributed by atoms with Crippen LogP contribution in [0.25, 0.3) is 10.9 Å². The Morgan fingerprint density at radius 2 is 1.72 bits per heavy atom. The Morgan fingerprint density at radius 3 is 2.35 bits per heavy atom. The Balaban J connectivity index is 0.00000109. The molecule has 5 aliphatic heterocycles. The van der Waals surface area contributed by atoms with Crippen molar-refractivity contribution in [2.75, 3.05) is 59.0 Å². The van der Waals surface area contributed by atoms with Crippen LogP contribution in [0.4, 0.5) is 5.69 Å². The number of aliphatic hydroxyl groups is 2. The van der Waals surface area contributed by atoms with E-state index in [-0.39, 0.29) is 5.92 Å². The van der Waals surface area contributed by atoms with Crippen LogP contribution in [0.5, 0.6) is 5.75 Å². The molecule has 2 bridgehead atoms. The molecule has 0 radical (unpaired) electrons. The van der Waals surface area contributed by atoms with Crippen molar-refractivity contribution in [3.63, 3.8) is 0 Å². The number of amides is 1. The maximum atomic E-state index is 14.7. The predicted molar refractivity (Wildman–Crippen MR) is 235 cm³/mol. The third-order valence-electron chi connectivity index (χ3n) is 15.5. The molecule has 6 heterocycles. The highest BCUT2D eigenvalue weighted by Crippen LogP contribution is 2.68. The van der Waals surface area contributed by atoms with Gasteiger partial charge in [0.05, 0.1) is 38.7 Å². The number of nitrogens with zero attached hydrogens (tertiary/aromatic N) is 3. The van der Waals surface area contributed by atoms with E-state index in [4.69, 9.17) is 36.5 Å². The van der Waals surface area contributed by atoms with Crippen LogP contribution >= 0.6 is 0 Å². The largest absolute Gasteiger partial charge is 0.496 e. The van der Waals surface area contributed by atoms with E-state index in [9.17, 15) is 29.4 Å². The van der Waals surface area contributed by atoms with E-state index in [2.05, 4.69) is 20.9 Å². The molecular weight excluding hydrogens is 865 g/mol. The minimum Gasteiger partial charge on any atom is -0.496 e. The summed E-state index contributed by atoms with van der Waals surface area (Å²) in [5, 5.41) is 26.5. The molecule has 1 unspecified atom stereocenters. The number of esters is 3. The summed E-state index contributed by atoms with van der Waals surface area (Å²) in [5.41, 5.74) is -1.17. The number of benzene rings is 2. The Labute approximate surface area is 377 Å². The second kappa shape index (κ2) is 16.8. The van der Waals surface area contributed by atoms with Crippen LogP contribution in [-0.2, 0) is 55.6 Å². The highest BCUT2D eigenvalue weighted by atomic mass is 32.3. The molecule has 6 aliphatic rings. The number of aromatic nitrogens is 1. The van der Waals surface area contributed by atoms with Gasteiger partial charge in [-0.05, 0) is 73.4 Å². The van der Waals surface area contributed by atoms with Crippen LogP contribution in [-0.4, -0.2) is 150 Å². The van der Waals surface area contributed by atoms with Gasteiger partial charge in [-0.3, -0.25) is 33.3 Å². The van der Waals surface area contributed by atoms with Gasteiger partial charge in [-0.25, -0.2) is 4.79 Å². The number of hydrogen-bond donors (Lipinski definition) is 5. The summed E-state index contributed by atoms with van der Waals surface area (Å²) in [4.78, 5) is 65.4. The van der Waals surface area contributed by atoms with E-state index in [0.29, 0.717) is 88.2 Å². The maximum Gasteiger partial charge on any atom is 0.394 e. The monoisotopic (exact) mass is 922 g/mol. The number of aromatic amines is 1. The third kappa shape index (κ3) is 7.16. The molecule has 11 atom stereocenters. The number of H-pyrrole nitrogens is 1. The molecule has 1 aliphatic carbocycles. The second-order valence-corrected chi connectivity index (χ2v) is 19.3. The number of piperidine rings is 1. The number of fused-ring (bicyclic) bond motifs is 6. The van der Waals surface area contributed by atoms with Gasteiger partial charge in [0.2, 0.25) is 12.0 Å².